The third kappa shape index (κ3) is 3.06. The van der Waals surface area contributed by atoms with Gasteiger partial charge in [-0.25, -0.2) is 0 Å². The highest BCUT2D eigenvalue weighted by Crippen LogP contribution is 2.33. The molecule has 0 saturated heterocycles. The van der Waals surface area contributed by atoms with E-state index in [-0.39, 0.29) is 12.2 Å². The lowest BCUT2D eigenvalue weighted by Crippen LogP contribution is -2.09. The van der Waals surface area contributed by atoms with Crippen molar-refractivity contribution in [2.75, 3.05) is 5.32 Å². The number of nitrogens with zero attached hydrogens (tertiary/aromatic N) is 3. The molecule has 0 aliphatic heterocycles. The summed E-state index contributed by atoms with van der Waals surface area (Å²) in [5.74, 6) is 0.707. The van der Waals surface area contributed by atoms with Crippen LogP contribution in [-0.2, 0) is 12.7 Å². The second-order valence-corrected chi connectivity index (χ2v) is 3.95. The van der Waals surface area contributed by atoms with Crippen LogP contribution in [0.2, 0.25) is 0 Å². The summed E-state index contributed by atoms with van der Waals surface area (Å²) in [6.45, 7) is 1.74. The molecule has 1 N–H and O–H groups in total. The molecule has 0 spiro atoms. The molecule has 1 aromatic heterocycles. The van der Waals surface area contributed by atoms with Gasteiger partial charge in [0.15, 0.2) is 5.82 Å². The van der Waals surface area contributed by atoms with E-state index in [4.69, 9.17) is 9.78 Å². The molecule has 0 unspecified atom stereocenters. The smallest absolute Gasteiger partial charge is 0.378 e. The molecule has 1 heterocycles. The summed E-state index contributed by atoms with van der Waals surface area (Å²) in [7, 11) is 0. The summed E-state index contributed by atoms with van der Waals surface area (Å²) in [6.07, 6.45) is -4.58. The Morgan fingerprint density at radius 3 is 2.70 bits per heavy atom. The molecular weight excluding hydrogens is 273 g/mol. The fourth-order valence-corrected chi connectivity index (χ4v) is 1.58. The number of aromatic nitrogens is 2. The summed E-state index contributed by atoms with van der Waals surface area (Å²) < 4.78 is 43.0. The van der Waals surface area contributed by atoms with Gasteiger partial charge in [-0.15, -0.1) is 0 Å². The lowest BCUT2D eigenvalue weighted by atomic mass is 10.1. The second-order valence-electron chi connectivity index (χ2n) is 3.95. The van der Waals surface area contributed by atoms with Gasteiger partial charge in [0.05, 0.1) is 23.7 Å². The Morgan fingerprint density at radius 2 is 2.15 bits per heavy atom. The molecule has 2 rings (SSSR count). The fourth-order valence-electron chi connectivity index (χ4n) is 1.58. The number of anilines is 1. The fraction of sp³-hybridized carbons (Fsp3) is 0.250. The van der Waals surface area contributed by atoms with Gasteiger partial charge in [-0.2, -0.15) is 23.4 Å². The molecule has 5 nitrogen and oxygen atoms in total. The zero-order chi connectivity index (χ0) is 14.8. The van der Waals surface area contributed by atoms with Crippen LogP contribution in [0.15, 0.2) is 22.7 Å². The number of benzene rings is 1. The van der Waals surface area contributed by atoms with Crippen molar-refractivity contribution in [3.05, 3.63) is 41.0 Å². The minimum absolute atomic E-state index is 0.126. The Kier molecular flexibility index (Phi) is 3.61. The molecule has 0 atom stereocenters. The highest BCUT2D eigenvalue weighted by molar-refractivity contribution is 5.53. The molecule has 0 amide bonds. The largest absolute Gasteiger partial charge is 0.417 e. The second kappa shape index (κ2) is 5.21. The van der Waals surface area contributed by atoms with Gasteiger partial charge >= 0.3 is 6.18 Å². The molecule has 0 saturated carbocycles. The van der Waals surface area contributed by atoms with Crippen LogP contribution >= 0.6 is 0 Å². The van der Waals surface area contributed by atoms with Crippen molar-refractivity contribution in [2.45, 2.75) is 19.6 Å². The number of halogens is 3. The molecular formula is C12H9F3N4O. The van der Waals surface area contributed by atoms with Crippen molar-refractivity contribution in [3.63, 3.8) is 0 Å². The number of hydrogen-bond acceptors (Lipinski definition) is 5. The number of rotatable bonds is 3. The predicted octanol–water partition coefficient (Wildman–Crippen LogP) is 2.88. The highest BCUT2D eigenvalue weighted by atomic mass is 19.4. The van der Waals surface area contributed by atoms with E-state index >= 15 is 0 Å². The number of nitrogens with one attached hydrogen (secondary N) is 1. The molecule has 0 aliphatic carbocycles. The first-order valence-corrected chi connectivity index (χ1v) is 5.54. The topological polar surface area (TPSA) is 74.7 Å². The lowest BCUT2D eigenvalue weighted by molar-refractivity contribution is -0.137. The minimum atomic E-state index is -4.58. The van der Waals surface area contributed by atoms with E-state index in [0.29, 0.717) is 11.7 Å². The first-order chi connectivity index (χ1) is 9.40. The van der Waals surface area contributed by atoms with Gasteiger partial charge in [-0.3, -0.25) is 0 Å². The summed E-state index contributed by atoms with van der Waals surface area (Å²) in [6, 6.07) is 4.91. The predicted molar refractivity (Wildman–Crippen MR) is 62.5 cm³/mol. The van der Waals surface area contributed by atoms with Gasteiger partial charge in [-0.05, 0) is 18.2 Å². The third-order valence-corrected chi connectivity index (χ3v) is 2.47. The van der Waals surface area contributed by atoms with E-state index < -0.39 is 17.3 Å². The normalized spacial score (nSPS) is 11.2. The molecule has 2 aromatic rings. The summed E-state index contributed by atoms with van der Waals surface area (Å²) in [5, 5.41) is 15.0. The lowest BCUT2D eigenvalue weighted by Gasteiger charge is -2.11. The van der Waals surface area contributed by atoms with E-state index in [1.54, 1.807) is 6.92 Å². The van der Waals surface area contributed by atoms with Crippen molar-refractivity contribution in [1.29, 1.82) is 5.26 Å². The average molecular weight is 282 g/mol. The Bertz CT molecular complexity index is 657. The number of alkyl halides is 3. The summed E-state index contributed by atoms with van der Waals surface area (Å²) in [4.78, 5) is 3.92. The summed E-state index contributed by atoms with van der Waals surface area (Å²) >= 11 is 0. The van der Waals surface area contributed by atoms with E-state index in [2.05, 4.69) is 15.5 Å². The van der Waals surface area contributed by atoms with Gasteiger partial charge in [-0.1, -0.05) is 5.16 Å². The quantitative estimate of drug-likeness (QED) is 0.936. The van der Waals surface area contributed by atoms with Gasteiger partial charge < -0.3 is 9.84 Å². The van der Waals surface area contributed by atoms with Crippen LogP contribution in [0.1, 0.15) is 22.8 Å². The van der Waals surface area contributed by atoms with Crippen molar-refractivity contribution < 1.29 is 17.7 Å². The zero-order valence-corrected chi connectivity index (χ0v) is 10.3. The van der Waals surface area contributed by atoms with Crippen LogP contribution < -0.4 is 5.32 Å². The molecule has 0 aliphatic rings. The van der Waals surface area contributed by atoms with Crippen molar-refractivity contribution in [2.24, 2.45) is 0 Å². The third-order valence-electron chi connectivity index (χ3n) is 2.47. The monoisotopic (exact) mass is 282 g/mol. The zero-order valence-electron chi connectivity index (χ0n) is 10.3. The number of nitriles is 1. The minimum Gasteiger partial charge on any atom is -0.378 e. The van der Waals surface area contributed by atoms with E-state index in [1.165, 1.54) is 12.1 Å². The van der Waals surface area contributed by atoms with Crippen LogP contribution in [0.5, 0.6) is 0 Å². The summed E-state index contributed by atoms with van der Waals surface area (Å²) in [5.41, 5.74) is -1.17. The van der Waals surface area contributed by atoms with Crippen molar-refractivity contribution in [1.82, 2.24) is 10.1 Å². The first-order valence-electron chi connectivity index (χ1n) is 5.54. The number of aryl methyl sites for hydroxylation is 1. The maximum absolute atomic E-state index is 12.8. The van der Waals surface area contributed by atoms with Gasteiger partial charge in [0, 0.05) is 12.6 Å². The SMILES string of the molecule is Cc1nc(CNc2ccc(C#N)c(C(F)(F)F)c2)no1. The van der Waals surface area contributed by atoms with Crippen LogP contribution in [-0.4, -0.2) is 10.1 Å². The Morgan fingerprint density at radius 1 is 1.40 bits per heavy atom. The van der Waals surface area contributed by atoms with Crippen LogP contribution in [0.4, 0.5) is 18.9 Å². The Hall–Kier alpha value is -2.56. The first kappa shape index (κ1) is 13.9. The van der Waals surface area contributed by atoms with Gasteiger partial charge in [0.1, 0.15) is 0 Å². The Balaban J connectivity index is 2.19. The average Bonchev–Trinajstić information content (AvgIpc) is 2.81. The maximum Gasteiger partial charge on any atom is 0.417 e. The van der Waals surface area contributed by atoms with E-state index in [1.807, 2.05) is 0 Å². The highest BCUT2D eigenvalue weighted by Gasteiger charge is 2.33. The molecule has 1 aromatic carbocycles. The molecule has 20 heavy (non-hydrogen) atoms. The van der Waals surface area contributed by atoms with E-state index in [0.717, 1.165) is 12.1 Å². The Labute approximate surface area is 112 Å². The van der Waals surface area contributed by atoms with Crippen LogP contribution in [0, 0.1) is 18.3 Å². The molecule has 0 fully saturated rings. The van der Waals surface area contributed by atoms with Crippen molar-refractivity contribution in [3.8, 4) is 6.07 Å². The van der Waals surface area contributed by atoms with E-state index in [9.17, 15) is 13.2 Å². The van der Waals surface area contributed by atoms with Gasteiger partial charge in [0.2, 0.25) is 5.89 Å². The van der Waals surface area contributed by atoms with Crippen LogP contribution in [0.3, 0.4) is 0 Å². The molecule has 0 radical (unpaired) electrons. The van der Waals surface area contributed by atoms with Gasteiger partial charge in [0.25, 0.3) is 0 Å². The van der Waals surface area contributed by atoms with Crippen LogP contribution in [0.25, 0.3) is 0 Å². The maximum atomic E-state index is 12.8. The molecule has 104 valence electrons. The molecule has 8 heteroatoms. The molecule has 0 bridgehead atoms. The standard InChI is InChI=1S/C12H9F3N4O/c1-7-18-11(19-20-7)6-17-9-3-2-8(5-16)10(4-9)12(13,14)15/h2-4,17H,6H2,1H3. The van der Waals surface area contributed by atoms with Crippen molar-refractivity contribution >= 4 is 5.69 Å². The number of hydrogen-bond donors (Lipinski definition) is 1.